The molecule has 1 N–H and O–H groups in total. The maximum absolute atomic E-state index is 9.90. The topological polar surface area (TPSA) is 48.6 Å². The highest BCUT2D eigenvalue weighted by Gasteiger charge is 1.85. The van der Waals surface area contributed by atoms with Gasteiger partial charge in [-0.1, -0.05) is 0 Å². The standard InChI is InChI=1S/C4H5N2O/c7-3-4-5-1-2-6-4/h1-2H,3H2,(H,5,6). The van der Waals surface area contributed by atoms with Gasteiger partial charge in [0.2, 0.25) is 0 Å². The van der Waals surface area contributed by atoms with Crippen LogP contribution in [0.2, 0.25) is 0 Å². The lowest BCUT2D eigenvalue weighted by Crippen LogP contribution is -1.80. The Labute approximate surface area is 41.0 Å². The number of aromatic amines is 1. The SMILES string of the molecule is [O]Cc1ncc[nH]1. The van der Waals surface area contributed by atoms with Crippen LogP contribution in [0, 0.1) is 0 Å². The van der Waals surface area contributed by atoms with Gasteiger partial charge in [0.05, 0.1) is 0 Å². The molecule has 7 heavy (non-hydrogen) atoms. The predicted molar refractivity (Wildman–Crippen MR) is 23.0 cm³/mol. The average molecular weight is 97.1 g/mol. The smallest absolute Gasteiger partial charge is 0.140 e. The van der Waals surface area contributed by atoms with Crippen molar-refractivity contribution in [3.8, 4) is 0 Å². The van der Waals surface area contributed by atoms with Gasteiger partial charge in [0, 0.05) is 12.4 Å². The van der Waals surface area contributed by atoms with Gasteiger partial charge in [-0.05, 0) is 0 Å². The Balaban J connectivity index is 2.76. The minimum absolute atomic E-state index is 0.257. The van der Waals surface area contributed by atoms with Gasteiger partial charge >= 0.3 is 0 Å². The number of nitrogens with zero attached hydrogens (tertiary/aromatic N) is 1. The Kier molecular flexibility index (Phi) is 1.08. The molecular formula is C4H5N2O. The van der Waals surface area contributed by atoms with E-state index in [4.69, 9.17) is 0 Å². The van der Waals surface area contributed by atoms with Crippen molar-refractivity contribution in [3.05, 3.63) is 18.2 Å². The van der Waals surface area contributed by atoms with Gasteiger partial charge in [-0.25, -0.2) is 10.1 Å². The van der Waals surface area contributed by atoms with E-state index in [9.17, 15) is 5.11 Å². The maximum atomic E-state index is 9.90. The van der Waals surface area contributed by atoms with E-state index >= 15 is 0 Å². The fraction of sp³-hybridized carbons (Fsp3) is 0.250. The van der Waals surface area contributed by atoms with E-state index in [1.807, 2.05) is 0 Å². The van der Waals surface area contributed by atoms with Crippen LogP contribution in [0.5, 0.6) is 0 Å². The number of hydrogen-bond donors (Lipinski definition) is 1. The van der Waals surface area contributed by atoms with Gasteiger partial charge in [0.1, 0.15) is 12.4 Å². The van der Waals surface area contributed by atoms with Crippen LogP contribution in [0.15, 0.2) is 12.4 Å². The first-order valence-corrected chi connectivity index (χ1v) is 2.00. The summed E-state index contributed by atoms with van der Waals surface area (Å²) in [6.07, 6.45) is 3.19. The van der Waals surface area contributed by atoms with Crippen LogP contribution in [0.1, 0.15) is 5.82 Å². The minimum Gasteiger partial charge on any atom is -0.347 e. The highest BCUT2D eigenvalue weighted by molar-refractivity contribution is 4.82. The van der Waals surface area contributed by atoms with E-state index in [1.165, 1.54) is 0 Å². The van der Waals surface area contributed by atoms with Crippen LogP contribution in [0.25, 0.3) is 0 Å². The first kappa shape index (κ1) is 4.33. The Hall–Kier alpha value is -0.830. The maximum Gasteiger partial charge on any atom is 0.140 e. The molecule has 0 saturated carbocycles. The van der Waals surface area contributed by atoms with Gasteiger partial charge < -0.3 is 4.98 Å². The number of aromatic nitrogens is 2. The fourth-order valence-corrected chi connectivity index (χ4v) is 0.377. The first-order valence-electron chi connectivity index (χ1n) is 2.00. The first-order chi connectivity index (χ1) is 3.43. The highest BCUT2D eigenvalue weighted by Crippen LogP contribution is 1.84. The van der Waals surface area contributed by atoms with E-state index < -0.39 is 0 Å². The molecule has 1 aromatic rings. The number of nitrogens with one attached hydrogen (secondary N) is 1. The summed E-state index contributed by atoms with van der Waals surface area (Å²) in [5.41, 5.74) is 0. The van der Waals surface area contributed by atoms with Crippen LogP contribution < -0.4 is 0 Å². The molecule has 3 nitrogen and oxygen atoms in total. The molecule has 0 atom stereocenters. The summed E-state index contributed by atoms with van der Waals surface area (Å²) in [7, 11) is 0. The summed E-state index contributed by atoms with van der Waals surface area (Å²) in [6, 6.07) is 0. The lowest BCUT2D eigenvalue weighted by Gasteiger charge is -1.76. The summed E-state index contributed by atoms with van der Waals surface area (Å²) < 4.78 is 0. The van der Waals surface area contributed by atoms with Crippen molar-refractivity contribution in [2.75, 3.05) is 0 Å². The molecule has 0 unspecified atom stereocenters. The second-order valence-electron chi connectivity index (χ2n) is 1.18. The number of rotatable bonds is 1. The summed E-state index contributed by atoms with van der Waals surface area (Å²) in [5, 5.41) is 9.90. The quantitative estimate of drug-likeness (QED) is 0.539. The van der Waals surface area contributed by atoms with Gasteiger partial charge in [0.25, 0.3) is 0 Å². The molecule has 0 amide bonds. The molecule has 0 saturated heterocycles. The van der Waals surface area contributed by atoms with Gasteiger partial charge in [-0.15, -0.1) is 0 Å². The largest absolute Gasteiger partial charge is 0.347 e. The Morgan fingerprint density at radius 1 is 1.86 bits per heavy atom. The average Bonchev–Trinajstić information content (AvgIpc) is 2.14. The van der Waals surface area contributed by atoms with Gasteiger partial charge in [-0.3, -0.25) is 0 Å². The predicted octanol–water partition coefficient (Wildman–Crippen LogP) is 0.340. The number of H-pyrrole nitrogens is 1. The van der Waals surface area contributed by atoms with Crippen LogP contribution in [0.3, 0.4) is 0 Å². The number of hydrogen-bond acceptors (Lipinski definition) is 1. The normalized spacial score (nSPS) is 9.29. The van der Waals surface area contributed by atoms with E-state index in [0.717, 1.165) is 0 Å². The third kappa shape index (κ3) is 0.778. The molecule has 0 aliphatic rings. The van der Waals surface area contributed by atoms with Gasteiger partial charge in [-0.2, -0.15) is 0 Å². The van der Waals surface area contributed by atoms with Crippen LogP contribution in [-0.4, -0.2) is 9.97 Å². The highest BCUT2D eigenvalue weighted by atomic mass is 16.3. The van der Waals surface area contributed by atoms with Crippen LogP contribution in [0.4, 0.5) is 0 Å². The van der Waals surface area contributed by atoms with Gasteiger partial charge in [0.15, 0.2) is 0 Å². The van der Waals surface area contributed by atoms with Crippen LogP contribution >= 0.6 is 0 Å². The molecule has 0 bridgehead atoms. The van der Waals surface area contributed by atoms with Crippen molar-refractivity contribution >= 4 is 0 Å². The van der Waals surface area contributed by atoms with E-state index in [0.29, 0.717) is 5.82 Å². The van der Waals surface area contributed by atoms with Crippen molar-refractivity contribution < 1.29 is 5.11 Å². The molecule has 0 fully saturated rings. The zero-order valence-corrected chi connectivity index (χ0v) is 3.72. The minimum atomic E-state index is -0.257. The Morgan fingerprint density at radius 3 is 3.00 bits per heavy atom. The second kappa shape index (κ2) is 1.75. The number of imidazole rings is 1. The molecule has 0 aliphatic carbocycles. The molecule has 1 aromatic heterocycles. The molecule has 1 heterocycles. The summed E-state index contributed by atoms with van der Waals surface area (Å²) in [4.78, 5) is 6.33. The third-order valence-corrected chi connectivity index (χ3v) is 0.692. The second-order valence-corrected chi connectivity index (χ2v) is 1.18. The van der Waals surface area contributed by atoms with Crippen molar-refractivity contribution in [2.45, 2.75) is 6.61 Å². The zero-order valence-electron chi connectivity index (χ0n) is 3.72. The Bertz CT molecular complexity index is 124. The lowest BCUT2D eigenvalue weighted by molar-refractivity contribution is 0.170. The molecule has 1 radical (unpaired) electrons. The summed E-state index contributed by atoms with van der Waals surface area (Å²) >= 11 is 0. The molecule has 3 heteroatoms. The molecule has 0 spiro atoms. The molecule has 0 aliphatic heterocycles. The molecule has 37 valence electrons. The Morgan fingerprint density at radius 2 is 2.71 bits per heavy atom. The van der Waals surface area contributed by atoms with Crippen molar-refractivity contribution in [3.63, 3.8) is 0 Å². The van der Waals surface area contributed by atoms with Crippen molar-refractivity contribution in [1.82, 2.24) is 9.97 Å². The third-order valence-electron chi connectivity index (χ3n) is 0.692. The molecule has 1 rings (SSSR count). The summed E-state index contributed by atoms with van der Waals surface area (Å²) in [6.45, 7) is -0.257. The van der Waals surface area contributed by atoms with E-state index in [1.54, 1.807) is 12.4 Å². The van der Waals surface area contributed by atoms with Crippen molar-refractivity contribution in [1.29, 1.82) is 0 Å². The van der Waals surface area contributed by atoms with Crippen molar-refractivity contribution in [2.24, 2.45) is 0 Å². The summed E-state index contributed by atoms with van der Waals surface area (Å²) in [5.74, 6) is 0.500. The van der Waals surface area contributed by atoms with Crippen LogP contribution in [-0.2, 0) is 11.7 Å². The molecular weight excluding hydrogens is 92.1 g/mol. The molecule has 0 aromatic carbocycles. The lowest BCUT2D eigenvalue weighted by atomic mass is 10.7. The van der Waals surface area contributed by atoms with E-state index in [2.05, 4.69) is 9.97 Å². The fourth-order valence-electron chi connectivity index (χ4n) is 0.377. The monoisotopic (exact) mass is 97.0 g/mol. The zero-order chi connectivity index (χ0) is 5.11. The van der Waals surface area contributed by atoms with E-state index in [-0.39, 0.29) is 6.61 Å².